The molecule has 0 aromatic carbocycles. The lowest BCUT2D eigenvalue weighted by atomic mass is 9.94. The van der Waals surface area contributed by atoms with Gasteiger partial charge in [0.1, 0.15) is 0 Å². The molecule has 1 aromatic rings. The van der Waals surface area contributed by atoms with Crippen LogP contribution < -0.4 is 0 Å². The standard InChI is InChI=1S/C15H21NO3/c1-9(2)12-8-11(6-5-7-17)13(15(18)19)14(16-12)10(3)4/h5,7-10,17H,6H2,1-4H3,(H,18,19). The van der Waals surface area contributed by atoms with Gasteiger partial charge in [-0.2, -0.15) is 0 Å². The van der Waals surface area contributed by atoms with E-state index in [0.717, 1.165) is 12.0 Å². The quantitative estimate of drug-likeness (QED) is 0.796. The molecule has 0 aliphatic rings. The fraction of sp³-hybridized carbons (Fsp3) is 0.467. The first-order valence-corrected chi connectivity index (χ1v) is 6.44. The molecule has 0 unspecified atom stereocenters. The van der Waals surface area contributed by atoms with Crippen LogP contribution in [0.4, 0.5) is 0 Å². The van der Waals surface area contributed by atoms with Gasteiger partial charge in [0.15, 0.2) is 0 Å². The minimum Gasteiger partial charge on any atom is -0.516 e. The second-order valence-corrected chi connectivity index (χ2v) is 5.17. The predicted molar refractivity (Wildman–Crippen MR) is 74.8 cm³/mol. The zero-order chi connectivity index (χ0) is 14.6. The summed E-state index contributed by atoms with van der Waals surface area (Å²) >= 11 is 0. The lowest BCUT2D eigenvalue weighted by Gasteiger charge is -2.16. The van der Waals surface area contributed by atoms with Crippen molar-refractivity contribution in [2.24, 2.45) is 0 Å². The molecule has 19 heavy (non-hydrogen) atoms. The third-order valence-corrected chi connectivity index (χ3v) is 2.94. The first-order valence-electron chi connectivity index (χ1n) is 6.44. The molecule has 0 spiro atoms. The van der Waals surface area contributed by atoms with E-state index in [9.17, 15) is 9.90 Å². The van der Waals surface area contributed by atoms with Crippen LogP contribution in [-0.4, -0.2) is 21.2 Å². The zero-order valence-corrected chi connectivity index (χ0v) is 11.8. The smallest absolute Gasteiger partial charge is 0.337 e. The summed E-state index contributed by atoms with van der Waals surface area (Å²) in [4.78, 5) is 16.0. The van der Waals surface area contributed by atoms with Crippen molar-refractivity contribution in [3.63, 3.8) is 0 Å². The number of hydrogen-bond donors (Lipinski definition) is 2. The third kappa shape index (κ3) is 3.56. The number of allylic oxidation sites excluding steroid dienone is 1. The zero-order valence-electron chi connectivity index (χ0n) is 11.8. The Labute approximate surface area is 113 Å². The Hall–Kier alpha value is -1.84. The van der Waals surface area contributed by atoms with Crippen molar-refractivity contribution in [1.29, 1.82) is 0 Å². The topological polar surface area (TPSA) is 70.4 Å². The first kappa shape index (κ1) is 15.2. The molecule has 0 bridgehead atoms. The van der Waals surface area contributed by atoms with Crippen molar-refractivity contribution in [3.05, 3.63) is 40.9 Å². The number of nitrogens with zero attached hydrogens (tertiary/aromatic N) is 1. The van der Waals surface area contributed by atoms with Gasteiger partial charge in [-0.05, 0) is 36.0 Å². The molecule has 1 aromatic heterocycles. The molecule has 1 rings (SSSR count). The van der Waals surface area contributed by atoms with Crippen molar-refractivity contribution in [2.75, 3.05) is 0 Å². The van der Waals surface area contributed by atoms with Crippen LogP contribution in [0.3, 0.4) is 0 Å². The van der Waals surface area contributed by atoms with Gasteiger partial charge in [-0.15, -0.1) is 0 Å². The fourth-order valence-electron chi connectivity index (χ4n) is 1.94. The Morgan fingerprint density at radius 2 is 1.95 bits per heavy atom. The number of aromatic carboxylic acids is 1. The lowest BCUT2D eigenvalue weighted by Crippen LogP contribution is -2.13. The molecular formula is C15H21NO3. The largest absolute Gasteiger partial charge is 0.516 e. The van der Waals surface area contributed by atoms with Gasteiger partial charge in [-0.25, -0.2) is 4.79 Å². The maximum atomic E-state index is 11.5. The summed E-state index contributed by atoms with van der Waals surface area (Å²) in [5.74, 6) is -0.688. The Kier molecular flexibility index (Phi) is 5.10. The van der Waals surface area contributed by atoms with Crippen LogP contribution in [0.25, 0.3) is 0 Å². The molecule has 0 atom stereocenters. The van der Waals surface area contributed by atoms with Crippen molar-refractivity contribution < 1.29 is 15.0 Å². The summed E-state index contributed by atoms with van der Waals surface area (Å²) in [6, 6.07) is 1.82. The molecule has 2 N–H and O–H groups in total. The number of carboxylic acid groups (broad SMARTS) is 1. The van der Waals surface area contributed by atoms with E-state index in [2.05, 4.69) is 4.98 Å². The normalized spacial score (nSPS) is 11.7. The van der Waals surface area contributed by atoms with Gasteiger partial charge in [0.2, 0.25) is 0 Å². The van der Waals surface area contributed by atoms with E-state index in [1.807, 2.05) is 33.8 Å². The molecule has 1 heterocycles. The van der Waals surface area contributed by atoms with Gasteiger partial charge in [0, 0.05) is 5.69 Å². The number of pyridine rings is 1. The molecule has 0 saturated heterocycles. The molecule has 0 aliphatic carbocycles. The van der Waals surface area contributed by atoms with Crippen LogP contribution in [0.2, 0.25) is 0 Å². The van der Waals surface area contributed by atoms with Crippen LogP contribution in [-0.2, 0) is 6.42 Å². The highest BCUT2D eigenvalue weighted by Gasteiger charge is 2.20. The van der Waals surface area contributed by atoms with E-state index in [0.29, 0.717) is 17.7 Å². The molecule has 0 radical (unpaired) electrons. The van der Waals surface area contributed by atoms with Crippen molar-refractivity contribution in [2.45, 2.75) is 46.0 Å². The average Bonchev–Trinajstić information content (AvgIpc) is 2.34. The van der Waals surface area contributed by atoms with Crippen LogP contribution in [0.5, 0.6) is 0 Å². The average molecular weight is 263 g/mol. The Morgan fingerprint density at radius 3 is 2.37 bits per heavy atom. The van der Waals surface area contributed by atoms with Crippen molar-refractivity contribution in [3.8, 4) is 0 Å². The van der Waals surface area contributed by atoms with Crippen LogP contribution >= 0.6 is 0 Å². The molecule has 0 aliphatic heterocycles. The van der Waals surface area contributed by atoms with E-state index in [1.165, 1.54) is 6.08 Å². The molecule has 4 nitrogen and oxygen atoms in total. The van der Waals surface area contributed by atoms with E-state index >= 15 is 0 Å². The van der Waals surface area contributed by atoms with Gasteiger partial charge in [0.25, 0.3) is 0 Å². The van der Waals surface area contributed by atoms with Crippen molar-refractivity contribution >= 4 is 5.97 Å². The number of carboxylic acids is 1. The second kappa shape index (κ2) is 6.36. The summed E-state index contributed by atoms with van der Waals surface area (Å²) < 4.78 is 0. The second-order valence-electron chi connectivity index (χ2n) is 5.17. The molecule has 4 heteroatoms. The van der Waals surface area contributed by atoms with Crippen LogP contribution in [0.1, 0.15) is 66.8 Å². The maximum absolute atomic E-state index is 11.5. The Bertz CT molecular complexity index is 490. The molecule has 104 valence electrons. The number of hydrogen-bond acceptors (Lipinski definition) is 3. The van der Waals surface area contributed by atoms with Crippen LogP contribution in [0.15, 0.2) is 18.4 Å². The third-order valence-electron chi connectivity index (χ3n) is 2.94. The number of aliphatic hydroxyl groups is 1. The minimum absolute atomic E-state index is 0.0432. The van der Waals surface area contributed by atoms with Gasteiger partial charge >= 0.3 is 5.97 Å². The number of aromatic nitrogens is 1. The molecule has 0 fully saturated rings. The summed E-state index contributed by atoms with van der Waals surface area (Å²) in [6.07, 6.45) is 2.87. The van der Waals surface area contributed by atoms with Crippen molar-refractivity contribution in [1.82, 2.24) is 4.98 Å². The monoisotopic (exact) mass is 263 g/mol. The number of aliphatic hydroxyl groups excluding tert-OH is 1. The number of rotatable bonds is 5. The van der Waals surface area contributed by atoms with Gasteiger partial charge in [0.05, 0.1) is 17.5 Å². The molecular weight excluding hydrogens is 242 g/mol. The van der Waals surface area contributed by atoms with Crippen LogP contribution in [0, 0.1) is 0 Å². The predicted octanol–water partition coefficient (Wildman–Crippen LogP) is 3.64. The van der Waals surface area contributed by atoms with Gasteiger partial charge in [-0.1, -0.05) is 27.7 Å². The van der Waals surface area contributed by atoms with E-state index in [1.54, 1.807) is 0 Å². The fourth-order valence-corrected chi connectivity index (χ4v) is 1.94. The van der Waals surface area contributed by atoms with E-state index < -0.39 is 5.97 Å². The maximum Gasteiger partial charge on any atom is 0.337 e. The highest BCUT2D eigenvalue weighted by Crippen LogP contribution is 2.25. The lowest BCUT2D eigenvalue weighted by molar-refractivity contribution is 0.0693. The highest BCUT2D eigenvalue weighted by molar-refractivity contribution is 5.91. The summed E-state index contributed by atoms with van der Waals surface area (Å²) in [5.41, 5.74) is 2.45. The van der Waals surface area contributed by atoms with E-state index in [4.69, 9.17) is 5.11 Å². The Balaban J connectivity index is 3.50. The van der Waals surface area contributed by atoms with E-state index in [-0.39, 0.29) is 17.4 Å². The van der Waals surface area contributed by atoms with Gasteiger partial charge in [-0.3, -0.25) is 4.98 Å². The summed E-state index contributed by atoms with van der Waals surface area (Å²) in [7, 11) is 0. The minimum atomic E-state index is -0.965. The molecule has 0 amide bonds. The Morgan fingerprint density at radius 1 is 1.32 bits per heavy atom. The number of carbonyl (C=O) groups is 1. The summed E-state index contributed by atoms with van der Waals surface area (Å²) in [5, 5.41) is 18.2. The highest BCUT2D eigenvalue weighted by atomic mass is 16.4. The SMILES string of the molecule is CC(C)c1cc(CC=CO)c(C(=O)O)c(C(C)C)n1. The first-order chi connectivity index (χ1) is 8.88. The summed E-state index contributed by atoms with van der Waals surface area (Å²) in [6.45, 7) is 7.92. The van der Waals surface area contributed by atoms with Gasteiger partial charge < -0.3 is 10.2 Å². The molecule has 0 saturated carbocycles.